The fourth-order valence-electron chi connectivity index (χ4n) is 2.87. The second kappa shape index (κ2) is 6.02. The minimum Gasteiger partial charge on any atom is -0.355 e. The van der Waals surface area contributed by atoms with Gasteiger partial charge < -0.3 is 10.2 Å². The van der Waals surface area contributed by atoms with Gasteiger partial charge in [0, 0.05) is 38.4 Å². The van der Waals surface area contributed by atoms with Gasteiger partial charge in [-0.25, -0.2) is 9.97 Å². The van der Waals surface area contributed by atoms with Crippen LogP contribution in [0.1, 0.15) is 24.2 Å². The van der Waals surface area contributed by atoms with Crippen molar-refractivity contribution in [2.45, 2.75) is 25.8 Å². The van der Waals surface area contributed by atoms with Crippen molar-refractivity contribution in [3.63, 3.8) is 0 Å². The molecule has 0 aromatic carbocycles. The second-order valence-corrected chi connectivity index (χ2v) is 5.57. The second-order valence-electron chi connectivity index (χ2n) is 5.57. The maximum atomic E-state index is 8.91. The van der Waals surface area contributed by atoms with Gasteiger partial charge in [-0.15, -0.1) is 0 Å². The molecule has 0 amide bonds. The standard InChI is InChI=1S/C15H19N7/c1-11-8-14(21(2)20-11)22-7-3-4-13(10-22)19-15-17-6-5-12(9-16)18-15/h5-6,8,13H,3-4,7,10H2,1-2H3,(H,17,18,19). The minimum absolute atomic E-state index is 0.262. The summed E-state index contributed by atoms with van der Waals surface area (Å²) in [5.41, 5.74) is 1.41. The first kappa shape index (κ1) is 14.3. The molecule has 7 nitrogen and oxygen atoms in total. The molecule has 0 aliphatic carbocycles. The zero-order valence-electron chi connectivity index (χ0n) is 12.8. The predicted octanol–water partition coefficient (Wildman–Crippen LogP) is 1.47. The quantitative estimate of drug-likeness (QED) is 0.923. The van der Waals surface area contributed by atoms with Gasteiger partial charge in [-0.1, -0.05) is 0 Å². The predicted molar refractivity (Wildman–Crippen MR) is 83.5 cm³/mol. The van der Waals surface area contributed by atoms with Gasteiger partial charge >= 0.3 is 0 Å². The van der Waals surface area contributed by atoms with Crippen LogP contribution in [0.2, 0.25) is 0 Å². The number of aromatic nitrogens is 4. The largest absolute Gasteiger partial charge is 0.355 e. The van der Waals surface area contributed by atoms with Gasteiger partial charge in [0.25, 0.3) is 0 Å². The first-order chi connectivity index (χ1) is 10.7. The van der Waals surface area contributed by atoms with Crippen LogP contribution in [-0.2, 0) is 7.05 Å². The van der Waals surface area contributed by atoms with Crippen LogP contribution < -0.4 is 10.2 Å². The minimum atomic E-state index is 0.262. The Hall–Kier alpha value is -2.62. The molecular formula is C15H19N7. The van der Waals surface area contributed by atoms with Gasteiger partial charge in [-0.2, -0.15) is 10.4 Å². The smallest absolute Gasteiger partial charge is 0.224 e. The van der Waals surface area contributed by atoms with Gasteiger partial charge in [0.15, 0.2) is 0 Å². The lowest BCUT2D eigenvalue weighted by Gasteiger charge is -2.34. The van der Waals surface area contributed by atoms with Gasteiger partial charge in [0.2, 0.25) is 5.95 Å². The van der Waals surface area contributed by atoms with E-state index in [-0.39, 0.29) is 6.04 Å². The number of rotatable bonds is 3. The van der Waals surface area contributed by atoms with Crippen LogP contribution in [0, 0.1) is 18.3 Å². The van der Waals surface area contributed by atoms with Crippen molar-refractivity contribution in [3.05, 3.63) is 29.7 Å². The van der Waals surface area contributed by atoms with Crippen LogP contribution in [0.3, 0.4) is 0 Å². The van der Waals surface area contributed by atoms with Crippen molar-refractivity contribution in [1.29, 1.82) is 5.26 Å². The number of nitrogens with one attached hydrogen (secondary N) is 1. The summed E-state index contributed by atoms with van der Waals surface area (Å²) in [6, 6.07) is 6.01. The molecule has 0 radical (unpaired) electrons. The summed E-state index contributed by atoms with van der Waals surface area (Å²) in [5, 5.41) is 16.7. The normalized spacial score (nSPS) is 18.0. The third-order valence-electron chi connectivity index (χ3n) is 3.83. The molecular weight excluding hydrogens is 278 g/mol. The van der Waals surface area contributed by atoms with Crippen molar-refractivity contribution in [1.82, 2.24) is 19.7 Å². The molecule has 22 heavy (non-hydrogen) atoms. The average molecular weight is 297 g/mol. The van der Waals surface area contributed by atoms with E-state index in [9.17, 15) is 0 Å². The van der Waals surface area contributed by atoms with Crippen molar-refractivity contribution >= 4 is 11.8 Å². The molecule has 2 aromatic heterocycles. The van der Waals surface area contributed by atoms with Gasteiger partial charge in [0.1, 0.15) is 17.6 Å². The molecule has 1 saturated heterocycles. The van der Waals surface area contributed by atoms with Gasteiger partial charge in [-0.3, -0.25) is 4.68 Å². The Morgan fingerprint density at radius 2 is 2.32 bits per heavy atom. The SMILES string of the molecule is Cc1cc(N2CCCC(Nc3nccc(C#N)n3)C2)n(C)n1. The highest BCUT2D eigenvalue weighted by Gasteiger charge is 2.22. The van der Waals surface area contributed by atoms with E-state index in [4.69, 9.17) is 5.26 Å². The Morgan fingerprint density at radius 1 is 1.45 bits per heavy atom. The molecule has 0 spiro atoms. The Balaban J connectivity index is 1.70. The van der Waals surface area contributed by atoms with E-state index < -0.39 is 0 Å². The topological polar surface area (TPSA) is 82.7 Å². The molecule has 1 aliphatic rings. The molecule has 0 saturated carbocycles. The maximum Gasteiger partial charge on any atom is 0.224 e. The van der Waals surface area contributed by atoms with Crippen molar-refractivity contribution < 1.29 is 0 Å². The third-order valence-corrected chi connectivity index (χ3v) is 3.83. The molecule has 1 aliphatic heterocycles. The van der Waals surface area contributed by atoms with Crippen LogP contribution in [0.25, 0.3) is 0 Å². The first-order valence-corrected chi connectivity index (χ1v) is 7.41. The summed E-state index contributed by atoms with van der Waals surface area (Å²) in [6.45, 7) is 3.90. The van der Waals surface area contributed by atoms with E-state index in [1.807, 2.05) is 24.7 Å². The number of anilines is 2. The monoisotopic (exact) mass is 297 g/mol. The highest BCUT2D eigenvalue weighted by atomic mass is 15.4. The summed E-state index contributed by atoms with van der Waals surface area (Å²) in [5.74, 6) is 1.66. The van der Waals surface area contributed by atoms with E-state index in [1.54, 1.807) is 12.3 Å². The third kappa shape index (κ3) is 3.01. The Kier molecular flexibility index (Phi) is 3.92. The summed E-state index contributed by atoms with van der Waals surface area (Å²) in [6.07, 6.45) is 3.77. The van der Waals surface area contributed by atoms with Crippen molar-refractivity contribution in [2.24, 2.45) is 7.05 Å². The lowest BCUT2D eigenvalue weighted by Crippen LogP contribution is -2.43. The summed E-state index contributed by atoms with van der Waals surface area (Å²) in [4.78, 5) is 10.7. The van der Waals surface area contributed by atoms with E-state index in [1.165, 1.54) is 0 Å². The van der Waals surface area contributed by atoms with Crippen molar-refractivity contribution in [3.8, 4) is 6.07 Å². The molecule has 3 heterocycles. The van der Waals surface area contributed by atoms with Crippen LogP contribution >= 0.6 is 0 Å². The number of hydrogen-bond acceptors (Lipinski definition) is 6. The molecule has 0 bridgehead atoms. The lowest BCUT2D eigenvalue weighted by molar-refractivity contribution is 0.516. The highest BCUT2D eigenvalue weighted by molar-refractivity contribution is 5.42. The number of piperidine rings is 1. The molecule has 3 rings (SSSR count). The number of hydrogen-bond donors (Lipinski definition) is 1. The van der Waals surface area contributed by atoms with Crippen LogP contribution in [-0.4, -0.2) is 38.9 Å². The number of nitrogens with zero attached hydrogens (tertiary/aromatic N) is 6. The summed E-state index contributed by atoms with van der Waals surface area (Å²) < 4.78 is 1.92. The van der Waals surface area contributed by atoms with Gasteiger partial charge in [0.05, 0.1) is 5.69 Å². The van der Waals surface area contributed by atoms with Crippen LogP contribution in [0.4, 0.5) is 11.8 Å². The molecule has 1 unspecified atom stereocenters. The molecule has 1 atom stereocenters. The Morgan fingerprint density at radius 3 is 3.05 bits per heavy atom. The number of aryl methyl sites for hydroxylation is 2. The Labute approximate surface area is 129 Å². The van der Waals surface area contributed by atoms with Gasteiger partial charge in [-0.05, 0) is 25.8 Å². The Bertz CT molecular complexity index is 700. The van der Waals surface area contributed by atoms with E-state index in [0.717, 1.165) is 37.4 Å². The van der Waals surface area contributed by atoms with Crippen LogP contribution in [0.5, 0.6) is 0 Å². The van der Waals surface area contributed by atoms with Crippen molar-refractivity contribution in [2.75, 3.05) is 23.3 Å². The van der Waals surface area contributed by atoms with Crippen LogP contribution in [0.15, 0.2) is 18.3 Å². The average Bonchev–Trinajstić information content (AvgIpc) is 2.86. The highest BCUT2D eigenvalue weighted by Crippen LogP contribution is 2.21. The molecule has 2 aromatic rings. The number of nitriles is 1. The van der Waals surface area contributed by atoms with E-state index in [0.29, 0.717) is 11.6 Å². The zero-order chi connectivity index (χ0) is 15.5. The molecule has 7 heteroatoms. The fourth-order valence-corrected chi connectivity index (χ4v) is 2.87. The molecule has 1 fully saturated rings. The molecule has 1 N–H and O–H groups in total. The molecule has 114 valence electrons. The summed E-state index contributed by atoms with van der Waals surface area (Å²) >= 11 is 0. The van der Waals surface area contributed by atoms with E-state index >= 15 is 0 Å². The maximum absolute atomic E-state index is 8.91. The first-order valence-electron chi connectivity index (χ1n) is 7.41. The van der Waals surface area contributed by atoms with E-state index in [2.05, 4.69) is 31.3 Å². The summed E-state index contributed by atoms with van der Waals surface area (Å²) in [7, 11) is 1.97. The zero-order valence-corrected chi connectivity index (χ0v) is 12.8. The lowest BCUT2D eigenvalue weighted by atomic mass is 10.1. The fraction of sp³-hybridized carbons (Fsp3) is 0.467.